The first-order chi connectivity index (χ1) is 13.2. The van der Waals surface area contributed by atoms with Crippen LogP contribution in [0.2, 0.25) is 0 Å². The third kappa shape index (κ3) is 4.09. The summed E-state index contributed by atoms with van der Waals surface area (Å²) < 4.78 is 2.09. The number of nitrogens with one attached hydrogen (secondary N) is 1. The van der Waals surface area contributed by atoms with Crippen molar-refractivity contribution < 1.29 is 4.79 Å². The van der Waals surface area contributed by atoms with E-state index in [0.29, 0.717) is 6.42 Å². The average Bonchev–Trinajstić information content (AvgIpc) is 3.25. The molecule has 4 nitrogen and oxygen atoms in total. The zero-order chi connectivity index (χ0) is 18.6. The van der Waals surface area contributed by atoms with Gasteiger partial charge in [0.15, 0.2) is 4.96 Å². The van der Waals surface area contributed by atoms with Crippen molar-refractivity contribution in [3.05, 3.63) is 77.4 Å². The third-order valence-corrected chi connectivity index (χ3v) is 5.50. The fourth-order valence-corrected chi connectivity index (χ4v) is 3.96. The van der Waals surface area contributed by atoms with Crippen molar-refractivity contribution in [2.24, 2.45) is 0 Å². The quantitative estimate of drug-likeness (QED) is 0.495. The van der Waals surface area contributed by atoms with Gasteiger partial charge < -0.3 is 5.32 Å². The predicted octanol–water partition coefficient (Wildman–Crippen LogP) is 5.33. The van der Waals surface area contributed by atoms with Crippen LogP contribution in [0.1, 0.15) is 24.1 Å². The number of hydrogen-bond acceptors (Lipinski definition) is 3. The molecular weight excluding hydrogens is 354 g/mol. The molecule has 5 heteroatoms. The van der Waals surface area contributed by atoms with Gasteiger partial charge in [0.05, 0.1) is 5.69 Å². The second kappa shape index (κ2) is 7.76. The molecule has 4 aromatic rings. The molecule has 136 valence electrons. The molecule has 27 heavy (non-hydrogen) atoms. The van der Waals surface area contributed by atoms with Crippen molar-refractivity contribution in [1.82, 2.24) is 9.38 Å². The highest BCUT2D eigenvalue weighted by atomic mass is 32.1. The summed E-state index contributed by atoms with van der Waals surface area (Å²) in [4.78, 5) is 17.9. The Balaban J connectivity index is 1.39. The van der Waals surface area contributed by atoms with Crippen molar-refractivity contribution in [2.75, 3.05) is 5.32 Å². The monoisotopic (exact) mass is 375 g/mol. The van der Waals surface area contributed by atoms with Gasteiger partial charge in [0, 0.05) is 34.9 Å². The van der Waals surface area contributed by atoms with E-state index < -0.39 is 0 Å². The van der Waals surface area contributed by atoms with Gasteiger partial charge in [-0.2, -0.15) is 0 Å². The maximum absolute atomic E-state index is 12.3. The predicted molar refractivity (Wildman–Crippen MR) is 111 cm³/mol. The molecule has 2 aromatic heterocycles. The molecule has 0 unspecified atom stereocenters. The highest BCUT2D eigenvalue weighted by Crippen LogP contribution is 2.25. The summed E-state index contributed by atoms with van der Waals surface area (Å²) in [6.07, 6.45) is 4.31. The van der Waals surface area contributed by atoms with Crippen LogP contribution in [0.5, 0.6) is 0 Å². The van der Waals surface area contributed by atoms with Gasteiger partial charge in [-0.1, -0.05) is 42.5 Å². The van der Waals surface area contributed by atoms with Crippen LogP contribution in [-0.2, 0) is 11.2 Å². The van der Waals surface area contributed by atoms with Crippen molar-refractivity contribution >= 4 is 27.9 Å². The van der Waals surface area contributed by atoms with E-state index in [1.54, 1.807) is 11.3 Å². The van der Waals surface area contributed by atoms with Crippen LogP contribution in [0.15, 0.2) is 66.2 Å². The number of benzene rings is 2. The van der Waals surface area contributed by atoms with E-state index >= 15 is 0 Å². The number of carbonyl (C=O) groups excluding carboxylic acids is 1. The number of amides is 1. The van der Waals surface area contributed by atoms with Crippen LogP contribution in [-0.4, -0.2) is 15.3 Å². The van der Waals surface area contributed by atoms with E-state index in [0.717, 1.165) is 34.7 Å². The largest absolute Gasteiger partial charge is 0.326 e. The van der Waals surface area contributed by atoms with Crippen molar-refractivity contribution in [3.8, 4) is 11.3 Å². The normalized spacial score (nSPS) is 11.0. The van der Waals surface area contributed by atoms with Gasteiger partial charge in [0.25, 0.3) is 0 Å². The molecule has 1 amide bonds. The molecule has 2 aromatic carbocycles. The van der Waals surface area contributed by atoms with Crippen molar-refractivity contribution in [1.29, 1.82) is 0 Å². The summed E-state index contributed by atoms with van der Waals surface area (Å²) >= 11 is 1.63. The topological polar surface area (TPSA) is 46.4 Å². The van der Waals surface area contributed by atoms with Gasteiger partial charge in [-0.25, -0.2) is 4.98 Å². The van der Waals surface area contributed by atoms with Gasteiger partial charge >= 0.3 is 0 Å². The number of thiazole rings is 1. The number of hydrogen-bond donors (Lipinski definition) is 1. The molecule has 0 aliphatic heterocycles. The zero-order valence-electron chi connectivity index (χ0n) is 15.2. The molecule has 0 bridgehead atoms. The van der Waals surface area contributed by atoms with Gasteiger partial charge in [0.1, 0.15) is 0 Å². The minimum atomic E-state index is 0.0461. The lowest BCUT2D eigenvalue weighted by atomic mass is 10.1. The summed E-state index contributed by atoms with van der Waals surface area (Å²) in [5.74, 6) is 0.0461. The molecule has 1 N–H and O–H groups in total. The lowest BCUT2D eigenvalue weighted by Crippen LogP contribution is -2.11. The SMILES string of the molecule is Cc1csc2nc(-c3cccc(NC(=O)CCCc4ccccc4)c3)cn12. The molecule has 0 radical (unpaired) electrons. The Bertz CT molecular complexity index is 1070. The minimum absolute atomic E-state index is 0.0461. The smallest absolute Gasteiger partial charge is 0.224 e. The molecule has 0 atom stereocenters. The number of aryl methyl sites for hydroxylation is 2. The first-order valence-electron chi connectivity index (χ1n) is 9.06. The molecule has 0 fully saturated rings. The second-order valence-corrected chi connectivity index (χ2v) is 7.46. The molecule has 0 saturated carbocycles. The molecule has 0 saturated heterocycles. The van der Waals surface area contributed by atoms with Gasteiger partial charge in [0.2, 0.25) is 5.91 Å². The zero-order valence-corrected chi connectivity index (χ0v) is 16.0. The van der Waals surface area contributed by atoms with E-state index in [4.69, 9.17) is 0 Å². The van der Waals surface area contributed by atoms with Crippen LogP contribution in [0.3, 0.4) is 0 Å². The molecule has 4 rings (SSSR count). The number of nitrogens with zero attached hydrogens (tertiary/aromatic N) is 2. The van der Waals surface area contributed by atoms with E-state index in [1.165, 1.54) is 11.3 Å². The van der Waals surface area contributed by atoms with Crippen LogP contribution in [0.4, 0.5) is 5.69 Å². The average molecular weight is 375 g/mol. The van der Waals surface area contributed by atoms with Crippen LogP contribution >= 0.6 is 11.3 Å². The summed E-state index contributed by atoms with van der Waals surface area (Å²) in [5, 5.41) is 5.10. The highest BCUT2D eigenvalue weighted by molar-refractivity contribution is 7.15. The summed E-state index contributed by atoms with van der Waals surface area (Å²) in [5.41, 5.74) is 5.18. The molecule has 2 heterocycles. The van der Waals surface area contributed by atoms with Gasteiger partial charge in [-0.15, -0.1) is 11.3 Å². The van der Waals surface area contributed by atoms with E-state index in [2.05, 4.69) is 39.1 Å². The lowest BCUT2D eigenvalue weighted by Gasteiger charge is -2.07. The fraction of sp³-hybridized carbons (Fsp3) is 0.182. The number of aromatic nitrogens is 2. The number of rotatable bonds is 6. The van der Waals surface area contributed by atoms with E-state index in [-0.39, 0.29) is 5.91 Å². The molecule has 0 aliphatic carbocycles. The Labute approximate surface area is 162 Å². The third-order valence-electron chi connectivity index (χ3n) is 4.54. The summed E-state index contributed by atoms with van der Waals surface area (Å²) in [6.45, 7) is 2.07. The maximum Gasteiger partial charge on any atom is 0.224 e. The minimum Gasteiger partial charge on any atom is -0.326 e. The summed E-state index contributed by atoms with van der Waals surface area (Å²) in [6, 6.07) is 18.1. The molecule has 0 spiro atoms. The lowest BCUT2D eigenvalue weighted by molar-refractivity contribution is -0.116. The molecule has 0 aliphatic rings. The Morgan fingerprint density at radius 2 is 2.00 bits per heavy atom. The second-order valence-electron chi connectivity index (χ2n) is 6.62. The van der Waals surface area contributed by atoms with E-state index in [9.17, 15) is 4.79 Å². The Morgan fingerprint density at radius 1 is 1.15 bits per heavy atom. The van der Waals surface area contributed by atoms with Crippen molar-refractivity contribution in [3.63, 3.8) is 0 Å². The van der Waals surface area contributed by atoms with Crippen LogP contribution < -0.4 is 5.32 Å². The van der Waals surface area contributed by atoms with Crippen molar-refractivity contribution in [2.45, 2.75) is 26.2 Å². The first-order valence-corrected chi connectivity index (χ1v) is 9.94. The standard InChI is InChI=1S/C22H21N3OS/c1-16-15-27-22-24-20(14-25(16)22)18-10-6-11-19(13-18)23-21(26)12-5-9-17-7-3-2-4-8-17/h2-4,6-8,10-11,13-15H,5,9,12H2,1H3,(H,23,26). The van der Waals surface area contributed by atoms with Crippen LogP contribution in [0, 0.1) is 6.92 Å². The Morgan fingerprint density at radius 3 is 2.81 bits per heavy atom. The Hall–Kier alpha value is -2.92. The van der Waals surface area contributed by atoms with Crippen LogP contribution in [0.25, 0.3) is 16.2 Å². The van der Waals surface area contributed by atoms with E-state index in [1.807, 2.05) is 48.7 Å². The van der Waals surface area contributed by atoms with Gasteiger partial charge in [-0.3, -0.25) is 9.20 Å². The summed E-state index contributed by atoms with van der Waals surface area (Å²) in [7, 11) is 0. The van der Waals surface area contributed by atoms with Gasteiger partial charge in [-0.05, 0) is 37.5 Å². The first kappa shape index (κ1) is 17.5. The highest BCUT2D eigenvalue weighted by Gasteiger charge is 2.09. The number of fused-ring (bicyclic) bond motifs is 1. The Kier molecular flexibility index (Phi) is 5.03. The number of anilines is 1. The maximum atomic E-state index is 12.3. The number of carbonyl (C=O) groups is 1. The molecular formula is C22H21N3OS. The fourth-order valence-electron chi connectivity index (χ4n) is 3.11. The number of imidazole rings is 1.